The molecular weight excluding hydrogens is 268 g/mol. The van der Waals surface area contributed by atoms with Crippen LogP contribution in [-0.2, 0) is 9.59 Å². The third kappa shape index (κ3) is 7.53. The summed E-state index contributed by atoms with van der Waals surface area (Å²) in [5.41, 5.74) is 1.35. The quantitative estimate of drug-likeness (QED) is 0.567. The number of carbonyl (C=O) groups is 2. The zero-order chi connectivity index (χ0) is 15.5. The number of hydrogen-bond donors (Lipinski definition) is 2. The lowest BCUT2D eigenvalue weighted by molar-refractivity contribution is -0.137. The van der Waals surface area contributed by atoms with Gasteiger partial charge in [-0.15, -0.1) is 0 Å². The Hall–Kier alpha value is -2.61. The van der Waals surface area contributed by atoms with E-state index >= 15 is 0 Å². The number of carboxylic acids is 1. The van der Waals surface area contributed by atoms with Crippen molar-refractivity contribution < 1.29 is 14.7 Å². The van der Waals surface area contributed by atoms with Gasteiger partial charge in [-0.25, -0.2) is 0 Å². The molecule has 1 aromatic carbocycles. The maximum atomic E-state index is 11.6. The Kier molecular flexibility index (Phi) is 7.30. The molecule has 110 valence electrons. The highest BCUT2D eigenvalue weighted by Crippen LogP contribution is 2.05. The van der Waals surface area contributed by atoms with Crippen LogP contribution in [-0.4, -0.2) is 23.5 Å². The average molecular weight is 286 g/mol. The number of aliphatic carboxylic acids is 1. The molecule has 0 unspecified atom stereocenters. The Labute approximate surface area is 123 Å². The summed E-state index contributed by atoms with van der Waals surface area (Å²) in [6.45, 7) is 0.529. The molecule has 5 nitrogen and oxygen atoms in total. The molecule has 0 aliphatic heterocycles. The number of nitriles is 1. The predicted octanol–water partition coefficient (Wildman–Crippen LogP) is 2.33. The summed E-state index contributed by atoms with van der Waals surface area (Å²) < 4.78 is 0. The molecule has 0 aliphatic rings. The summed E-state index contributed by atoms with van der Waals surface area (Å²) in [5.74, 6) is -0.989. The van der Waals surface area contributed by atoms with Crippen molar-refractivity contribution in [2.24, 2.45) is 0 Å². The van der Waals surface area contributed by atoms with E-state index in [4.69, 9.17) is 10.4 Å². The van der Waals surface area contributed by atoms with Crippen LogP contribution >= 0.6 is 0 Å². The molecule has 21 heavy (non-hydrogen) atoms. The minimum absolute atomic E-state index is 0.170. The molecule has 0 aromatic heterocycles. The van der Waals surface area contributed by atoms with E-state index in [1.54, 1.807) is 24.3 Å². The van der Waals surface area contributed by atoms with Crippen LogP contribution in [0.25, 0.3) is 6.08 Å². The fourth-order valence-electron chi connectivity index (χ4n) is 1.73. The van der Waals surface area contributed by atoms with Crippen LogP contribution < -0.4 is 5.32 Å². The van der Waals surface area contributed by atoms with Crippen molar-refractivity contribution in [3.05, 3.63) is 41.5 Å². The highest BCUT2D eigenvalue weighted by molar-refractivity contribution is 5.91. The van der Waals surface area contributed by atoms with E-state index in [2.05, 4.69) is 5.32 Å². The molecule has 0 radical (unpaired) electrons. The number of carboxylic acid groups (broad SMARTS) is 1. The van der Waals surface area contributed by atoms with Crippen molar-refractivity contribution in [1.29, 1.82) is 5.26 Å². The number of benzene rings is 1. The SMILES string of the molecule is N#Cc1cccc(/C=C/C(=O)NCCCCCC(=O)O)c1. The Bertz CT molecular complexity index is 559. The van der Waals surface area contributed by atoms with Crippen molar-refractivity contribution in [2.75, 3.05) is 6.54 Å². The minimum Gasteiger partial charge on any atom is -0.481 e. The van der Waals surface area contributed by atoms with E-state index in [1.807, 2.05) is 12.1 Å². The number of nitrogens with zero attached hydrogens (tertiary/aromatic N) is 1. The van der Waals surface area contributed by atoms with Gasteiger partial charge in [-0.05, 0) is 36.6 Å². The van der Waals surface area contributed by atoms with E-state index in [0.29, 0.717) is 18.5 Å². The van der Waals surface area contributed by atoms with Gasteiger partial charge in [0.1, 0.15) is 0 Å². The van der Waals surface area contributed by atoms with Crippen LogP contribution in [0.15, 0.2) is 30.3 Å². The first-order valence-corrected chi connectivity index (χ1v) is 6.79. The number of amides is 1. The fourth-order valence-corrected chi connectivity index (χ4v) is 1.73. The first kappa shape index (κ1) is 16.4. The third-order valence-corrected chi connectivity index (χ3v) is 2.81. The zero-order valence-corrected chi connectivity index (χ0v) is 11.7. The lowest BCUT2D eigenvalue weighted by atomic mass is 10.1. The van der Waals surface area contributed by atoms with Crippen molar-refractivity contribution in [3.8, 4) is 6.07 Å². The monoisotopic (exact) mass is 286 g/mol. The molecule has 0 spiro atoms. The Morgan fingerprint density at radius 3 is 2.81 bits per heavy atom. The molecule has 2 N–H and O–H groups in total. The Balaban J connectivity index is 2.25. The molecule has 1 amide bonds. The van der Waals surface area contributed by atoms with Crippen molar-refractivity contribution in [2.45, 2.75) is 25.7 Å². The number of carbonyl (C=O) groups excluding carboxylic acids is 1. The molecule has 0 fully saturated rings. The predicted molar refractivity (Wildman–Crippen MR) is 79.3 cm³/mol. The summed E-state index contributed by atoms with van der Waals surface area (Å²) in [6.07, 6.45) is 5.41. The minimum atomic E-state index is -0.790. The van der Waals surface area contributed by atoms with Crippen LogP contribution in [0.3, 0.4) is 0 Å². The number of rotatable bonds is 8. The lowest BCUT2D eigenvalue weighted by Crippen LogP contribution is -2.22. The molecule has 1 rings (SSSR count). The Morgan fingerprint density at radius 1 is 1.29 bits per heavy atom. The molecular formula is C16H18N2O3. The lowest BCUT2D eigenvalue weighted by Gasteiger charge is -2.01. The summed E-state index contributed by atoms with van der Waals surface area (Å²) in [6, 6.07) is 9.03. The summed E-state index contributed by atoms with van der Waals surface area (Å²) in [4.78, 5) is 21.9. The molecule has 0 saturated carbocycles. The maximum Gasteiger partial charge on any atom is 0.303 e. The van der Waals surface area contributed by atoms with E-state index in [0.717, 1.165) is 18.4 Å². The second-order valence-corrected chi connectivity index (χ2v) is 4.57. The molecule has 0 heterocycles. The van der Waals surface area contributed by atoms with Gasteiger partial charge in [0.15, 0.2) is 0 Å². The van der Waals surface area contributed by atoms with Crippen LogP contribution in [0.4, 0.5) is 0 Å². The summed E-state index contributed by atoms with van der Waals surface area (Å²) >= 11 is 0. The number of hydrogen-bond acceptors (Lipinski definition) is 3. The van der Waals surface area contributed by atoms with Gasteiger partial charge in [0, 0.05) is 19.0 Å². The molecule has 0 aliphatic carbocycles. The molecule has 1 aromatic rings. The smallest absolute Gasteiger partial charge is 0.303 e. The van der Waals surface area contributed by atoms with E-state index in [1.165, 1.54) is 6.08 Å². The topological polar surface area (TPSA) is 90.2 Å². The van der Waals surface area contributed by atoms with Gasteiger partial charge >= 0.3 is 5.97 Å². The zero-order valence-electron chi connectivity index (χ0n) is 11.7. The normalized spacial score (nSPS) is 10.2. The van der Waals surface area contributed by atoms with Crippen LogP contribution in [0, 0.1) is 11.3 Å². The molecule has 0 saturated heterocycles. The molecule has 0 bridgehead atoms. The largest absolute Gasteiger partial charge is 0.481 e. The van der Waals surface area contributed by atoms with Crippen molar-refractivity contribution in [3.63, 3.8) is 0 Å². The van der Waals surface area contributed by atoms with Gasteiger partial charge in [0.05, 0.1) is 11.6 Å². The van der Waals surface area contributed by atoms with Gasteiger partial charge in [0.25, 0.3) is 0 Å². The maximum absolute atomic E-state index is 11.6. The van der Waals surface area contributed by atoms with Gasteiger partial charge in [-0.2, -0.15) is 5.26 Å². The van der Waals surface area contributed by atoms with Gasteiger partial charge in [0.2, 0.25) is 5.91 Å². The summed E-state index contributed by atoms with van der Waals surface area (Å²) in [7, 11) is 0. The first-order chi connectivity index (χ1) is 10.1. The van der Waals surface area contributed by atoms with Gasteiger partial charge in [-0.3, -0.25) is 9.59 Å². The fraction of sp³-hybridized carbons (Fsp3) is 0.312. The second kappa shape index (κ2) is 9.32. The van der Waals surface area contributed by atoms with E-state index in [9.17, 15) is 9.59 Å². The highest BCUT2D eigenvalue weighted by Gasteiger charge is 1.98. The number of nitrogens with one attached hydrogen (secondary N) is 1. The summed E-state index contributed by atoms with van der Waals surface area (Å²) in [5, 5.41) is 20.0. The van der Waals surface area contributed by atoms with Crippen LogP contribution in [0.5, 0.6) is 0 Å². The van der Waals surface area contributed by atoms with Crippen LogP contribution in [0.2, 0.25) is 0 Å². The molecule has 5 heteroatoms. The van der Waals surface area contributed by atoms with Crippen LogP contribution in [0.1, 0.15) is 36.8 Å². The Morgan fingerprint density at radius 2 is 2.10 bits per heavy atom. The van der Waals surface area contributed by atoms with E-state index < -0.39 is 5.97 Å². The van der Waals surface area contributed by atoms with Crippen molar-refractivity contribution >= 4 is 18.0 Å². The highest BCUT2D eigenvalue weighted by atomic mass is 16.4. The number of unbranched alkanes of at least 4 members (excludes halogenated alkanes) is 2. The van der Waals surface area contributed by atoms with Gasteiger partial charge < -0.3 is 10.4 Å². The first-order valence-electron chi connectivity index (χ1n) is 6.79. The molecule has 0 atom stereocenters. The van der Waals surface area contributed by atoms with Crippen molar-refractivity contribution in [1.82, 2.24) is 5.32 Å². The third-order valence-electron chi connectivity index (χ3n) is 2.81. The van der Waals surface area contributed by atoms with Gasteiger partial charge in [-0.1, -0.05) is 18.6 Å². The second-order valence-electron chi connectivity index (χ2n) is 4.57. The standard InChI is InChI=1S/C16H18N2O3/c17-12-14-6-4-5-13(11-14)8-9-15(19)18-10-3-1-2-7-16(20)21/h4-6,8-9,11H,1-3,7,10H2,(H,18,19)(H,20,21)/b9-8+. The average Bonchev–Trinajstić information content (AvgIpc) is 2.48. The van der Waals surface area contributed by atoms with E-state index in [-0.39, 0.29) is 12.3 Å².